The second-order valence-electron chi connectivity index (χ2n) is 7.01. The number of benzene rings is 1. The van der Waals surface area contributed by atoms with E-state index in [-0.39, 0.29) is 6.03 Å². The molecule has 1 aliphatic heterocycles. The number of hydrogen-bond donors (Lipinski definition) is 1. The molecular weight excluding hydrogens is 418 g/mol. The van der Waals surface area contributed by atoms with Crippen molar-refractivity contribution in [2.24, 2.45) is 0 Å². The monoisotopic (exact) mass is 449 g/mol. The molecule has 0 saturated carbocycles. The fourth-order valence-corrected chi connectivity index (χ4v) is 6.88. The van der Waals surface area contributed by atoms with Crippen LogP contribution < -0.4 is 5.32 Å². The van der Waals surface area contributed by atoms with Crippen LogP contribution >= 0.6 is 34.9 Å². The van der Waals surface area contributed by atoms with Crippen LogP contribution in [0.5, 0.6) is 0 Å². The molecule has 0 aliphatic carbocycles. The molecule has 0 spiro atoms. The van der Waals surface area contributed by atoms with Gasteiger partial charge in [0.05, 0.1) is 11.1 Å². The first-order valence-corrected chi connectivity index (χ1v) is 13.3. The quantitative estimate of drug-likeness (QED) is 0.510. The summed E-state index contributed by atoms with van der Waals surface area (Å²) in [5.74, 6) is 2.43. The number of rotatable bonds is 9. The molecule has 2 heterocycles. The number of hydrogen-bond acceptors (Lipinski definition) is 5. The summed E-state index contributed by atoms with van der Waals surface area (Å²) in [7, 11) is 0. The molecule has 1 fully saturated rings. The zero-order valence-electron chi connectivity index (χ0n) is 17.3. The molecular formula is C22H31N3OS3. The van der Waals surface area contributed by atoms with Gasteiger partial charge in [0.15, 0.2) is 0 Å². The maximum Gasteiger partial charge on any atom is 0.322 e. The first-order valence-electron chi connectivity index (χ1n) is 10.3. The molecule has 4 nitrogen and oxygen atoms in total. The van der Waals surface area contributed by atoms with Crippen LogP contribution in [0.3, 0.4) is 0 Å². The highest BCUT2D eigenvalue weighted by Crippen LogP contribution is 2.44. The van der Waals surface area contributed by atoms with Gasteiger partial charge < -0.3 is 15.1 Å². The zero-order chi connectivity index (χ0) is 20.5. The molecule has 7 heteroatoms. The van der Waals surface area contributed by atoms with Gasteiger partial charge >= 0.3 is 6.03 Å². The van der Waals surface area contributed by atoms with Crippen molar-refractivity contribution in [3.05, 3.63) is 52.2 Å². The summed E-state index contributed by atoms with van der Waals surface area (Å²) in [6.07, 6.45) is 1.28. The van der Waals surface area contributed by atoms with E-state index in [2.05, 4.69) is 53.7 Å². The molecule has 1 N–H and O–H groups in total. The average molecular weight is 450 g/mol. The minimum absolute atomic E-state index is 0.0216. The SMILES string of the molecule is CCN(CC)CCN(Cc1cccs1)C(=O)Nc1cccc(C2SCCCS2)c1. The van der Waals surface area contributed by atoms with Crippen LogP contribution in [0.4, 0.5) is 10.5 Å². The number of carbonyl (C=O) groups excluding carboxylic acids is 1. The number of thioether (sulfide) groups is 2. The van der Waals surface area contributed by atoms with Gasteiger partial charge in [-0.15, -0.1) is 34.9 Å². The van der Waals surface area contributed by atoms with Gasteiger partial charge in [0, 0.05) is 23.7 Å². The fourth-order valence-electron chi connectivity index (χ4n) is 3.29. The Kier molecular flexibility index (Phi) is 9.24. The van der Waals surface area contributed by atoms with Crippen molar-refractivity contribution < 1.29 is 4.79 Å². The first kappa shape index (κ1) is 22.5. The van der Waals surface area contributed by atoms with E-state index in [0.29, 0.717) is 11.1 Å². The highest BCUT2D eigenvalue weighted by Gasteiger charge is 2.19. The molecule has 2 aromatic rings. The van der Waals surface area contributed by atoms with Gasteiger partial charge in [0.2, 0.25) is 0 Å². The Morgan fingerprint density at radius 1 is 1.10 bits per heavy atom. The van der Waals surface area contributed by atoms with E-state index in [1.54, 1.807) is 11.3 Å². The lowest BCUT2D eigenvalue weighted by molar-refractivity contribution is 0.195. The lowest BCUT2D eigenvalue weighted by atomic mass is 10.2. The maximum atomic E-state index is 13.1. The third-order valence-electron chi connectivity index (χ3n) is 5.03. The molecule has 2 amide bonds. The van der Waals surface area contributed by atoms with E-state index >= 15 is 0 Å². The highest BCUT2D eigenvalue weighted by atomic mass is 32.2. The largest absolute Gasteiger partial charge is 0.322 e. The number of amides is 2. The van der Waals surface area contributed by atoms with E-state index in [1.165, 1.54) is 28.4 Å². The van der Waals surface area contributed by atoms with E-state index in [9.17, 15) is 4.79 Å². The third-order valence-corrected chi connectivity index (χ3v) is 8.91. The van der Waals surface area contributed by atoms with Crippen LogP contribution in [-0.2, 0) is 6.54 Å². The maximum absolute atomic E-state index is 13.1. The van der Waals surface area contributed by atoms with Crippen molar-refractivity contribution in [1.82, 2.24) is 9.80 Å². The molecule has 158 valence electrons. The highest BCUT2D eigenvalue weighted by molar-refractivity contribution is 8.16. The Balaban J connectivity index is 1.66. The second-order valence-corrected chi connectivity index (χ2v) is 10.8. The summed E-state index contributed by atoms with van der Waals surface area (Å²) in [4.78, 5) is 18.6. The predicted molar refractivity (Wildman–Crippen MR) is 130 cm³/mol. The molecule has 1 aliphatic rings. The van der Waals surface area contributed by atoms with Crippen molar-refractivity contribution in [1.29, 1.82) is 0 Å². The standard InChI is InChI=1S/C22H31N3OS3/c1-3-24(4-2)11-12-25(17-20-10-6-13-27-20)22(26)23-19-9-5-8-18(16-19)21-28-14-7-15-29-21/h5-6,8-10,13,16,21H,3-4,7,11-12,14-15,17H2,1-2H3,(H,23,26). The number of thiophene rings is 1. The normalized spacial score (nSPS) is 14.9. The van der Waals surface area contributed by atoms with Gasteiger partial charge in [-0.2, -0.15) is 0 Å². The number of nitrogens with zero attached hydrogens (tertiary/aromatic N) is 2. The number of likely N-dealkylation sites (N-methyl/N-ethyl adjacent to an activating group) is 1. The topological polar surface area (TPSA) is 35.6 Å². The Bertz CT molecular complexity index is 744. The summed E-state index contributed by atoms with van der Waals surface area (Å²) < 4.78 is 0.477. The van der Waals surface area contributed by atoms with Gasteiger partial charge in [-0.1, -0.05) is 32.0 Å². The second kappa shape index (κ2) is 11.9. The number of urea groups is 1. The fraction of sp³-hybridized carbons (Fsp3) is 0.500. The van der Waals surface area contributed by atoms with E-state index in [1.807, 2.05) is 40.6 Å². The van der Waals surface area contributed by atoms with Crippen molar-refractivity contribution in [3.63, 3.8) is 0 Å². The smallest absolute Gasteiger partial charge is 0.318 e. The molecule has 3 rings (SSSR count). The zero-order valence-corrected chi connectivity index (χ0v) is 19.8. The van der Waals surface area contributed by atoms with Crippen molar-refractivity contribution in [2.45, 2.75) is 31.4 Å². The van der Waals surface area contributed by atoms with E-state index in [0.717, 1.165) is 31.9 Å². The average Bonchev–Trinajstić information content (AvgIpc) is 3.27. The number of anilines is 1. The molecule has 0 atom stereocenters. The molecule has 0 radical (unpaired) electrons. The number of nitrogens with one attached hydrogen (secondary N) is 1. The minimum atomic E-state index is -0.0216. The molecule has 0 bridgehead atoms. The van der Waals surface area contributed by atoms with Crippen LogP contribution in [0, 0.1) is 0 Å². The Hall–Kier alpha value is -1.15. The Morgan fingerprint density at radius 2 is 1.90 bits per heavy atom. The third kappa shape index (κ3) is 6.95. The molecule has 1 saturated heterocycles. The Labute approximate surface area is 187 Å². The number of carbonyl (C=O) groups is 1. The first-order chi connectivity index (χ1) is 14.2. The van der Waals surface area contributed by atoms with Crippen molar-refractivity contribution in [3.8, 4) is 0 Å². The van der Waals surface area contributed by atoms with Gasteiger partial charge in [0.1, 0.15) is 0 Å². The van der Waals surface area contributed by atoms with Crippen LogP contribution in [-0.4, -0.2) is 53.5 Å². The van der Waals surface area contributed by atoms with E-state index < -0.39 is 0 Å². The van der Waals surface area contributed by atoms with Gasteiger partial charge in [-0.05, 0) is 60.2 Å². The molecule has 1 aromatic carbocycles. The summed E-state index contributed by atoms with van der Waals surface area (Å²) in [5.41, 5.74) is 2.18. The van der Waals surface area contributed by atoms with Gasteiger partial charge in [0.25, 0.3) is 0 Å². The predicted octanol–water partition coefficient (Wildman–Crippen LogP) is 5.99. The lowest BCUT2D eigenvalue weighted by Crippen LogP contribution is -2.40. The summed E-state index contributed by atoms with van der Waals surface area (Å²) in [6.45, 7) is 8.60. The van der Waals surface area contributed by atoms with E-state index in [4.69, 9.17) is 0 Å². The van der Waals surface area contributed by atoms with Crippen LogP contribution in [0.2, 0.25) is 0 Å². The summed E-state index contributed by atoms with van der Waals surface area (Å²) >= 11 is 5.71. The van der Waals surface area contributed by atoms with Crippen molar-refractivity contribution in [2.75, 3.05) is 43.0 Å². The summed E-state index contributed by atoms with van der Waals surface area (Å²) in [5, 5.41) is 5.22. The minimum Gasteiger partial charge on any atom is -0.318 e. The Morgan fingerprint density at radius 3 is 2.59 bits per heavy atom. The van der Waals surface area contributed by atoms with Gasteiger partial charge in [-0.25, -0.2) is 4.79 Å². The van der Waals surface area contributed by atoms with Crippen LogP contribution in [0.15, 0.2) is 41.8 Å². The summed E-state index contributed by atoms with van der Waals surface area (Å²) in [6, 6.07) is 12.5. The van der Waals surface area contributed by atoms with Crippen LogP contribution in [0.1, 0.15) is 35.3 Å². The van der Waals surface area contributed by atoms with Gasteiger partial charge in [-0.3, -0.25) is 0 Å². The van der Waals surface area contributed by atoms with Crippen LogP contribution in [0.25, 0.3) is 0 Å². The molecule has 0 unspecified atom stereocenters. The molecule has 1 aromatic heterocycles. The van der Waals surface area contributed by atoms with Crippen molar-refractivity contribution >= 4 is 46.6 Å². The molecule has 29 heavy (non-hydrogen) atoms. The lowest BCUT2D eigenvalue weighted by Gasteiger charge is -2.27.